The lowest BCUT2D eigenvalue weighted by Gasteiger charge is -2.31. The molecule has 0 bridgehead atoms. The summed E-state index contributed by atoms with van der Waals surface area (Å²) in [6.07, 6.45) is 9.38. The molecule has 7 heteroatoms. The topological polar surface area (TPSA) is 68.8 Å². The van der Waals surface area contributed by atoms with Gasteiger partial charge in [-0.1, -0.05) is 0 Å². The molecule has 0 saturated carbocycles. The number of hydrogen-bond acceptors (Lipinski definition) is 4. The van der Waals surface area contributed by atoms with Crippen LogP contribution >= 0.6 is 0 Å². The first kappa shape index (κ1) is 15.4. The van der Waals surface area contributed by atoms with Gasteiger partial charge < -0.3 is 9.47 Å². The normalized spacial score (nSPS) is 18.1. The molecule has 0 atom stereocenters. The van der Waals surface area contributed by atoms with Gasteiger partial charge in [0.1, 0.15) is 11.6 Å². The first-order valence-electron chi connectivity index (χ1n) is 8.88. The van der Waals surface area contributed by atoms with Gasteiger partial charge in [0.15, 0.2) is 0 Å². The van der Waals surface area contributed by atoms with Gasteiger partial charge in [0.25, 0.3) is 0 Å². The Bertz CT molecular complexity index is 725. The van der Waals surface area contributed by atoms with E-state index in [0.29, 0.717) is 12.3 Å². The summed E-state index contributed by atoms with van der Waals surface area (Å²) in [5, 5.41) is 12.9. The molecule has 2 aromatic heterocycles. The van der Waals surface area contributed by atoms with Crippen molar-refractivity contribution in [3.8, 4) is 0 Å². The molecular formula is C17H24N6O. The van der Waals surface area contributed by atoms with E-state index in [1.165, 1.54) is 6.42 Å². The molecule has 128 valence electrons. The SMILES string of the molecule is Cn1cc(CCC(=O)N2CCC(c3nnc4n3CCC4)CC2)cn1. The maximum atomic E-state index is 12.4. The van der Waals surface area contributed by atoms with Crippen LogP contribution in [0.25, 0.3) is 0 Å². The summed E-state index contributed by atoms with van der Waals surface area (Å²) in [4.78, 5) is 14.4. The molecule has 1 saturated heterocycles. The van der Waals surface area contributed by atoms with Crippen molar-refractivity contribution in [3.05, 3.63) is 29.6 Å². The molecule has 0 aliphatic carbocycles. The minimum atomic E-state index is 0.253. The molecule has 0 N–H and O–H groups in total. The Morgan fingerprint density at radius 2 is 2.08 bits per heavy atom. The number of rotatable bonds is 4. The number of piperidine rings is 1. The highest BCUT2D eigenvalue weighted by atomic mass is 16.2. The Balaban J connectivity index is 1.30. The third-order valence-corrected chi connectivity index (χ3v) is 5.24. The van der Waals surface area contributed by atoms with E-state index in [-0.39, 0.29) is 5.91 Å². The van der Waals surface area contributed by atoms with Crippen LogP contribution in [-0.4, -0.2) is 48.4 Å². The molecule has 0 aromatic carbocycles. The van der Waals surface area contributed by atoms with Gasteiger partial charge in [-0.15, -0.1) is 10.2 Å². The highest BCUT2D eigenvalue weighted by molar-refractivity contribution is 5.76. The lowest BCUT2D eigenvalue weighted by atomic mass is 9.95. The zero-order chi connectivity index (χ0) is 16.5. The molecule has 1 amide bonds. The molecule has 1 fully saturated rings. The van der Waals surface area contributed by atoms with Gasteiger partial charge in [0.05, 0.1) is 6.20 Å². The predicted molar refractivity (Wildman–Crippen MR) is 88.4 cm³/mol. The van der Waals surface area contributed by atoms with Crippen LogP contribution in [0.5, 0.6) is 0 Å². The van der Waals surface area contributed by atoms with Crippen LogP contribution in [0.3, 0.4) is 0 Å². The van der Waals surface area contributed by atoms with Gasteiger partial charge >= 0.3 is 0 Å². The van der Waals surface area contributed by atoms with E-state index in [0.717, 1.165) is 62.5 Å². The smallest absolute Gasteiger partial charge is 0.222 e. The molecule has 0 spiro atoms. The maximum absolute atomic E-state index is 12.4. The van der Waals surface area contributed by atoms with E-state index in [1.54, 1.807) is 4.68 Å². The summed E-state index contributed by atoms with van der Waals surface area (Å²) in [6, 6.07) is 0. The van der Waals surface area contributed by atoms with Gasteiger partial charge in [-0.05, 0) is 31.2 Å². The van der Waals surface area contributed by atoms with Crippen molar-refractivity contribution in [1.29, 1.82) is 0 Å². The Morgan fingerprint density at radius 3 is 2.83 bits per heavy atom. The number of amides is 1. The lowest BCUT2D eigenvalue weighted by molar-refractivity contribution is -0.132. The Morgan fingerprint density at radius 1 is 1.25 bits per heavy atom. The molecule has 4 heterocycles. The number of aryl methyl sites for hydroxylation is 3. The average Bonchev–Trinajstić information content (AvgIpc) is 3.29. The molecular weight excluding hydrogens is 304 g/mol. The molecule has 2 aromatic rings. The summed E-state index contributed by atoms with van der Waals surface area (Å²) >= 11 is 0. The monoisotopic (exact) mass is 328 g/mol. The van der Waals surface area contributed by atoms with Crippen molar-refractivity contribution >= 4 is 5.91 Å². The van der Waals surface area contributed by atoms with E-state index in [2.05, 4.69) is 19.9 Å². The van der Waals surface area contributed by atoms with Crippen LogP contribution in [0.2, 0.25) is 0 Å². The summed E-state index contributed by atoms with van der Waals surface area (Å²) in [5.41, 5.74) is 1.12. The summed E-state index contributed by atoms with van der Waals surface area (Å²) in [7, 11) is 1.90. The molecule has 2 aliphatic heterocycles. The molecule has 0 radical (unpaired) electrons. The van der Waals surface area contributed by atoms with Crippen LogP contribution in [-0.2, 0) is 31.2 Å². The maximum Gasteiger partial charge on any atom is 0.222 e. The number of likely N-dealkylation sites (tertiary alicyclic amines) is 1. The number of nitrogens with zero attached hydrogens (tertiary/aromatic N) is 6. The van der Waals surface area contributed by atoms with E-state index in [1.807, 2.05) is 24.3 Å². The third kappa shape index (κ3) is 2.95. The van der Waals surface area contributed by atoms with E-state index >= 15 is 0 Å². The zero-order valence-corrected chi connectivity index (χ0v) is 14.2. The van der Waals surface area contributed by atoms with Gasteiger partial charge in [-0.3, -0.25) is 9.48 Å². The second-order valence-corrected chi connectivity index (χ2v) is 6.91. The summed E-state index contributed by atoms with van der Waals surface area (Å²) in [6.45, 7) is 2.72. The number of aromatic nitrogens is 5. The Labute approximate surface area is 141 Å². The minimum absolute atomic E-state index is 0.253. The highest BCUT2D eigenvalue weighted by Crippen LogP contribution is 2.29. The molecule has 7 nitrogen and oxygen atoms in total. The van der Waals surface area contributed by atoms with Gasteiger partial charge in [-0.2, -0.15) is 5.10 Å². The van der Waals surface area contributed by atoms with Crippen molar-refractivity contribution < 1.29 is 4.79 Å². The van der Waals surface area contributed by atoms with Crippen molar-refractivity contribution in [3.63, 3.8) is 0 Å². The van der Waals surface area contributed by atoms with E-state index < -0.39 is 0 Å². The third-order valence-electron chi connectivity index (χ3n) is 5.24. The van der Waals surface area contributed by atoms with E-state index in [9.17, 15) is 4.79 Å². The van der Waals surface area contributed by atoms with Crippen LogP contribution in [0.15, 0.2) is 12.4 Å². The van der Waals surface area contributed by atoms with E-state index in [4.69, 9.17) is 0 Å². The van der Waals surface area contributed by atoms with Crippen LogP contribution in [0.1, 0.15) is 48.8 Å². The van der Waals surface area contributed by atoms with Crippen molar-refractivity contribution in [1.82, 2.24) is 29.4 Å². The number of hydrogen-bond donors (Lipinski definition) is 0. The Kier molecular flexibility index (Phi) is 4.08. The molecule has 0 unspecified atom stereocenters. The van der Waals surface area contributed by atoms with Gasteiger partial charge in [0, 0.05) is 51.6 Å². The van der Waals surface area contributed by atoms with Gasteiger partial charge in [-0.25, -0.2) is 0 Å². The number of carbonyl (C=O) groups excluding carboxylic acids is 1. The Hall–Kier alpha value is -2.18. The molecule has 4 rings (SSSR count). The molecule has 2 aliphatic rings. The van der Waals surface area contributed by atoms with Crippen LogP contribution in [0.4, 0.5) is 0 Å². The quantitative estimate of drug-likeness (QED) is 0.848. The van der Waals surface area contributed by atoms with Gasteiger partial charge in [0.2, 0.25) is 5.91 Å². The summed E-state index contributed by atoms with van der Waals surface area (Å²) < 4.78 is 4.08. The number of fused-ring (bicyclic) bond motifs is 1. The van der Waals surface area contributed by atoms with Crippen LogP contribution < -0.4 is 0 Å². The predicted octanol–water partition coefficient (Wildman–Crippen LogP) is 1.30. The van der Waals surface area contributed by atoms with Crippen LogP contribution in [0, 0.1) is 0 Å². The molecule has 24 heavy (non-hydrogen) atoms. The fourth-order valence-corrected chi connectivity index (χ4v) is 3.87. The fraction of sp³-hybridized carbons (Fsp3) is 0.647. The first-order chi connectivity index (χ1) is 11.7. The van der Waals surface area contributed by atoms with Crippen molar-refractivity contribution in [2.24, 2.45) is 7.05 Å². The zero-order valence-electron chi connectivity index (χ0n) is 14.2. The lowest BCUT2D eigenvalue weighted by Crippen LogP contribution is -2.38. The standard InChI is InChI=1S/C17H24N6O/c1-21-12-13(11-18-21)4-5-16(24)22-9-6-14(7-10-22)17-20-19-15-3-2-8-23(15)17/h11-12,14H,2-10H2,1H3. The fourth-order valence-electron chi connectivity index (χ4n) is 3.87. The van der Waals surface area contributed by atoms with Crippen molar-refractivity contribution in [2.45, 2.75) is 51.0 Å². The van der Waals surface area contributed by atoms with Crippen molar-refractivity contribution in [2.75, 3.05) is 13.1 Å². The largest absolute Gasteiger partial charge is 0.343 e. The minimum Gasteiger partial charge on any atom is -0.343 e. The second kappa shape index (κ2) is 6.37. The average molecular weight is 328 g/mol. The highest BCUT2D eigenvalue weighted by Gasteiger charge is 2.29. The number of carbonyl (C=O) groups is 1. The first-order valence-corrected chi connectivity index (χ1v) is 8.88. The summed E-state index contributed by atoms with van der Waals surface area (Å²) in [5.74, 6) is 2.99. The second-order valence-electron chi connectivity index (χ2n) is 6.91.